The van der Waals surface area contributed by atoms with Crippen molar-refractivity contribution in [3.05, 3.63) is 47.4 Å². The fraction of sp³-hybridized carbons (Fsp3) is 0.438. The van der Waals surface area contributed by atoms with Crippen molar-refractivity contribution in [1.82, 2.24) is 10.1 Å². The molecule has 21 heavy (non-hydrogen) atoms. The van der Waals surface area contributed by atoms with Crippen molar-refractivity contribution in [3.63, 3.8) is 0 Å². The topological polar surface area (TPSA) is 56.0 Å². The molecule has 0 N–H and O–H groups in total. The molecule has 0 amide bonds. The molecule has 1 aromatic carbocycles. The van der Waals surface area contributed by atoms with E-state index in [0.29, 0.717) is 11.7 Å². The van der Waals surface area contributed by atoms with E-state index < -0.39 is 5.41 Å². The number of hydrogen-bond donors (Lipinski definition) is 0. The SMILES string of the molecule is CC(C)C(=O)Cc1nc(C(C)(C)c2ccc(F)cc2)no1. The predicted octanol–water partition coefficient (Wildman–Crippen LogP) is 3.30. The van der Waals surface area contributed by atoms with Gasteiger partial charge in [-0.15, -0.1) is 0 Å². The van der Waals surface area contributed by atoms with Crippen LogP contribution in [0.2, 0.25) is 0 Å². The number of Topliss-reactive ketones (excluding diaryl/α,β-unsaturated/α-hetero) is 1. The van der Waals surface area contributed by atoms with Crippen molar-refractivity contribution in [3.8, 4) is 0 Å². The summed E-state index contributed by atoms with van der Waals surface area (Å²) in [5.74, 6) is 0.515. The molecule has 0 atom stereocenters. The van der Waals surface area contributed by atoms with Crippen LogP contribution in [0, 0.1) is 11.7 Å². The summed E-state index contributed by atoms with van der Waals surface area (Å²) in [6.45, 7) is 7.53. The van der Waals surface area contributed by atoms with E-state index in [4.69, 9.17) is 4.52 Å². The minimum Gasteiger partial charge on any atom is -0.339 e. The normalized spacial score (nSPS) is 11.9. The first-order valence-electron chi connectivity index (χ1n) is 6.92. The second-order valence-electron chi connectivity index (χ2n) is 5.94. The fourth-order valence-corrected chi connectivity index (χ4v) is 1.93. The molecule has 5 heteroatoms. The van der Waals surface area contributed by atoms with Gasteiger partial charge in [0, 0.05) is 5.92 Å². The van der Waals surface area contributed by atoms with Crippen LogP contribution in [0.4, 0.5) is 4.39 Å². The Morgan fingerprint density at radius 3 is 2.48 bits per heavy atom. The number of nitrogens with zero attached hydrogens (tertiary/aromatic N) is 2. The molecule has 0 radical (unpaired) electrons. The third kappa shape index (κ3) is 3.35. The standard InChI is InChI=1S/C16H19FN2O2/c1-10(2)13(20)9-14-18-15(19-21-14)16(3,4)11-5-7-12(17)8-6-11/h5-8,10H,9H2,1-4H3. The van der Waals surface area contributed by atoms with Crippen molar-refractivity contribution in [2.75, 3.05) is 0 Å². The van der Waals surface area contributed by atoms with Crippen LogP contribution in [0.1, 0.15) is 45.0 Å². The summed E-state index contributed by atoms with van der Waals surface area (Å²) in [4.78, 5) is 16.0. The second kappa shape index (κ2) is 5.76. The van der Waals surface area contributed by atoms with Gasteiger partial charge in [0.15, 0.2) is 5.82 Å². The van der Waals surface area contributed by atoms with Gasteiger partial charge in [-0.2, -0.15) is 4.98 Å². The van der Waals surface area contributed by atoms with Gasteiger partial charge in [-0.1, -0.05) is 31.1 Å². The predicted molar refractivity (Wildman–Crippen MR) is 76.4 cm³/mol. The molecule has 0 spiro atoms. The van der Waals surface area contributed by atoms with Gasteiger partial charge in [-0.05, 0) is 31.5 Å². The van der Waals surface area contributed by atoms with Crippen LogP contribution in [-0.2, 0) is 16.6 Å². The second-order valence-corrected chi connectivity index (χ2v) is 5.94. The Morgan fingerprint density at radius 1 is 1.29 bits per heavy atom. The molecule has 2 aromatic rings. The number of halogens is 1. The average molecular weight is 290 g/mol. The molecule has 0 aliphatic rings. The Morgan fingerprint density at radius 2 is 1.90 bits per heavy atom. The Balaban J connectivity index is 2.23. The van der Waals surface area contributed by atoms with E-state index in [-0.39, 0.29) is 23.9 Å². The van der Waals surface area contributed by atoms with Crippen molar-refractivity contribution >= 4 is 5.78 Å². The maximum Gasteiger partial charge on any atom is 0.234 e. The van der Waals surface area contributed by atoms with E-state index in [2.05, 4.69) is 10.1 Å². The summed E-state index contributed by atoms with van der Waals surface area (Å²) in [7, 11) is 0. The molecule has 0 fully saturated rings. The smallest absolute Gasteiger partial charge is 0.234 e. The number of aromatic nitrogens is 2. The van der Waals surface area contributed by atoms with E-state index in [1.807, 2.05) is 27.7 Å². The summed E-state index contributed by atoms with van der Waals surface area (Å²) < 4.78 is 18.2. The minimum absolute atomic E-state index is 0.0600. The largest absolute Gasteiger partial charge is 0.339 e. The van der Waals surface area contributed by atoms with Gasteiger partial charge < -0.3 is 4.52 Å². The third-order valence-corrected chi connectivity index (χ3v) is 3.56. The number of ketones is 1. The molecular weight excluding hydrogens is 271 g/mol. The molecular formula is C16H19FN2O2. The number of rotatable bonds is 5. The highest BCUT2D eigenvalue weighted by Gasteiger charge is 2.29. The molecule has 0 bridgehead atoms. The van der Waals surface area contributed by atoms with E-state index in [9.17, 15) is 9.18 Å². The lowest BCUT2D eigenvalue weighted by Crippen LogP contribution is -2.21. The van der Waals surface area contributed by atoms with Gasteiger partial charge in [-0.25, -0.2) is 4.39 Å². The summed E-state index contributed by atoms with van der Waals surface area (Å²) >= 11 is 0. The van der Waals surface area contributed by atoms with E-state index >= 15 is 0 Å². The Bertz CT molecular complexity index is 630. The lowest BCUT2D eigenvalue weighted by molar-refractivity contribution is -0.121. The van der Waals surface area contributed by atoms with Crippen LogP contribution in [0.3, 0.4) is 0 Å². The van der Waals surface area contributed by atoms with Crippen molar-refractivity contribution in [2.45, 2.75) is 39.5 Å². The van der Waals surface area contributed by atoms with Crippen LogP contribution in [0.5, 0.6) is 0 Å². The van der Waals surface area contributed by atoms with Gasteiger partial charge in [0.2, 0.25) is 5.89 Å². The lowest BCUT2D eigenvalue weighted by atomic mass is 9.84. The van der Waals surface area contributed by atoms with Crippen molar-refractivity contribution in [1.29, 1.82) is 0 Å². The monoisotopic (exact) mass is 290 g/mol. The van der Waals surface area contributed by atoms with Crippen LogP contribution in [-0.4, -0.2) is 15.9 Å². The molecule has 0 aliphatic heterocycles. The van der Waals surface area contributed by atoms with Crippen LogP contribution >= 0.6 is 0 Å². The van der Waals surface area contributed by atoms with Gasteiger partial charge in [0.05, 0.1) is 11.8 Å². The molecule has 0 saturated heterocycles. The Kier molecular flexibility index (Phi) is 4.21. The maximum absolute atomic E-state index is 13.0. The average Bonchev–Trinajstić information content (AvgIpc) is 2.88. The van der Waals surface area contributed by atoms with E-state index in [1.54, 1.807) is 12.1 Å². The van der Waals surface area contributed by atoms with Crippen molar-refractivity contribution < 1.29 is 13.7 Å². The zero-order valence-electron chi connectivity index (χ0n) is 12.7. The lowest BCUT2D eigenvalue weighted by Gasteiger charge is -2.20. The molecule has 112 valence electrons. The van der Waals surface area contributed by atoms with Gasteiger partial charge in [0.25, 0.3) is 0 Å². The zero-order chi connectivity index (χ0) is 15.6. The molecule has 1 aromatic heterocycles. The summed E-state index contributed by atoms with van der Waals surface area (Å²) in [6, 6.07) is 6.20. The maximum atomic E-state index is 13.0. The first-order chi connectivity index (χ1) is 9.80. The zero-order valence-corrected chi connectivity index (χ0v) is 12.7. The van der Waals surface area contributed by atoms with Gasteiger partial charge in [-0.3, -0.25) is 4.79 Å². The first-order valence-corrected chi connectivity index (χ1v) is 6.92. The van der Waals surface area contributed by atoms with E-state index in [1.165, 1.54) is 12.1 Å². The number of carbonyl (C=O) groups excluding carboxylic acids is 1. The highest BCUT2D eigenvalue weighted by atomic mass is 19.1. The van der Waals surface area contributed by atoms with Gasteiger partial charge in [0.1, 0.15) is 11.6 Å². The molecule has 4 nitrogen and oxygen atoms in total. The number of hydrogen-bond acceptors (Lipinski definition) is 4. The fourth-order valence-electron chi connectivity index (χ4n) is 1.93. The minimum atomic E-state index is -0.518. The summed E-state index contributed by atoms with van der Waals surface area (Å²) in [5, 5.41) is 3.97. The van der Waals surface area contributed by atoms with Crippen molar-refractivity contribution in [2.24, 2.45) is 5.92 Å². The number of benzene rings is 1. The molecule has 0 saturated carbocycles. The molecule has 2 rings (SSSR count). The van der Waals surface area contributed by atoms with E-state index in [0.717, 1.165) is 5.56 Å². The van der Waals surface area contributed by atoms with Crippen LogP contribution < -0.4 is 0 Å². The first kappa shape index (κ1) is 15.4. The third-order valence-electron chi connectivity index (χ3n) is 3.56. The molecule has 0 unspecified atom stereocenters. The summed E-state index contributed by atoms with van der Waals surface area (Å²) in [5.41, 5.74) is 0.363. The molecule has 0 aliphatic carbocycles. The highest BCUT2D eigenvalue weighted by Crippen LogP contribution is 2.29. The Hall–Kier alpha value is -2.04. The summed E-state index contributed by atoms with van der Waals surface area (Å²) in [6.07, 6.45) is 0.143. The van der Waals surface area contributed by atoms with Crippen LogP contribution in [0.25, 0.3) is 0 Å². The van der Waals surface area contributed by atoms with Crippen LogP contribution in [0.15, 0.2) is 28.8 Å². The quantitative estimate of drug-likeness (QED) is 0.847. The number of carbonyl (C=O) groups is 1. The Labute approximate surface area is 123 Å². The molecule has 1 heterocycles. The highest BCUT2D eigenvalue weighted by molar-refractivity contribution is 5.81. The van der Waals surface area contributed by atoms with Gasteiger partial charge >= 0.3 is 0 Å².